The van der Waals surface area contributed by atoms with Crippen molar-refractivity contribution >= 4 is 19.8 Å². The van der Waals surface area contributed by atoms with Crippen LogP contribution in [0.15, 0.2) is 24.3 Å². The molecule has 0 saturated heterocycles. The van der Waals surface area contributed by atoms with Crippen molar-refractivity contribution in [3.05, 3.63) is 24.3 Å². The Morgan fingerprint density at radius 1 is 0.917 bits per heavy atom. The van der Waals surface area contributed by atoms with Crippen molar-refractivity contribution in [2.24, 2.45) is 0 Å². The van der Waals surface area contributed by atoms with Crippen LogP contribution in [-0.2, 0) is 37.2 Å². The molecule has 0 N–H and O–H groups in total. The molecule has 0 spiro atoms. The Morgan fingerprint density at radius 2 is 1.25 bits per heavy atom. The van der Waals surface area contributed by atoms with Gasteiger partial charge in [-0.3, -0.25) is 13.6 Å². The number of phosphoric acid groups is 1. The Kier molecular flexibility index (Phi) is 9.77. The molecule has 0 aliphatic carbocycles. The van der Waals surface area contributed by atoms with Gasteiger partial charge in [0, 0.05) is 18.3 Å². The Labute approximate surface area is 142 Å². The largest absolute Gasteiger partial charge is 0.474 e. The third-order valence-electron chi connectivity index (χ3n) is 2.47. The lowest BCUT2D eigenvalue weighted by atomic mass is 10.3. The number of carbonyl (C=O) groups excluding carboxylic acids is 2. The molecule has 0 aromatic carbocycles. The van der Waals surface area contributed by atoms with Crippen LogP contribution in [0.1, 0.15) is 27.7 Å². The molecule has 0 bridgehead atoms. The molecule has 2 unspecified atom stereocenters. The first-order valence-electron chi connectivity index (χ1n) is 7.18. The minimum atomic E-state index is -3.87. The second-order valence-electron chi connectivity index (χ2n) is 5.21. The summed E-state index contributed by atoms with van der Waals surface area (Å²) in [5, 5.41) is 0. The van der Waals surface area contributed by atoms with Crippen LogP contribution >= 0.6 is 7.82 Å². The maximum absolute atomic E-state index is 12.2. The first kappa shape index (κ1) is 22.5. The van der Waals surface area contributed by atoms with Gasteiger partial charge < -0.3 is 9.47 Å². The van der Waals surface area contributed by atoms with Crippen molar-refractivity contribution in [2.45, 2.75) is 39.9 Å². The van der Waals surface area contributed by atoms with Crippen LogP contribution in [-0.4, -0.2) is 44.5 Å². The van der Waals surface area contributed by atoms with E-state index >= 15 is 0 Å². The highest BCUT2D eigenvalue weighted by atomic mass is 31.2. The van der Waals surface area contributed by atoms with Gasteiger partial charge in [-0.2, -0.15) is 0 Å². The zero-order chi connectivity index (χ0) is 18.9. The van der Waals surface area contributed by atoms with Gasteiger partial charge in [-0.1, -0.05) is 13.2 Å². The van der Waals surface area contributed by atoms with E-state index in [0.29, 0.717) is 0 Å². The van der Waals surface area contributed by atoms with E-state index in [2.05, 4.69) is 13.2 Å². The molecule has 0 fully saturated rings. The van der Waals surface area contributed by atoms with Crippen LogP contribution in [0.25, 0.3) is 0 Å². The molecule has 8 nitrogen and oxygen atoms in total. The molecule has 9 heteroatoms. The van der Waals surface area contributed by atoms with Crippen LogP contribution in [0.2, 0.25) is 0 Å². The maximum Gasteiger partial charge on any atom is 0.474 e. The second-order valence-corrected chi connectivity index (χ2v) is 6.99. The van der Waals surface area contributed by atoms with E-state index in [0.717, 1.165) is 7.11 Å². The summed E-state index contributed by atoms with van der Waals surface area (Å²) in [4.78, 5) is 22.7. The first-order chi connectivity index (χ1) is 11.0. The molecule has 0 saturated carbocycles. The number of ether oxygens (including phenoxy) is 2. The average Bonchev–Trinajstić information content (AvgIpc) is 2.50. The van der Waals surface area contributed by atoms with Gasteiger partial charge in [-0.25, -0.2) is 14.2 Å². The van der Waals surface area contributed by atoms with Crippen LogP contribution in [0, 0.1) is 0 Å². The fourth-order valence-electron chi connectivity index (χ4n) is 1.17. The number of hydrogen-bond donors (Lipinski definition) is 0. The summed E-state index contributed by atoms with van der Waals surface area (Å²) < 4.78 is 37.1. The molecule has 0 aliphatic rings. The molecule has 0 aliphatic heterocycles. The van der Waals surface area contributed by atoms with Crippen molar-refractivity contribution in [1.29, 1.82) is 0 Å². The fourth-order valence-corrected chi connectivity index (χ4v) is 2.24. The SMILES string of the molecule is C=C(C)C(=O)OC(C)COP(=O)(OC)OCC(C)OC(=O)C(=C)C. The van der Waals surface area contributed by atoms with Gasteiger partial charge in [-0.15, -0.1) is 0 Å². The highest BCUT2D eigenvalue weighted by Crippen LogP contribution is 2.48. The topological polar surface area (TPSA) is 97.4 Å². The van der Waals surface area contributed by atoms with Crippen LogP contribution < -0.4 is 0 Å². The molecule has 24 heavy (non-hydrogen) atoms. The first-order valence-corrected chi connectivity index (χ1v) is 8.64. The normalized spacial score (nSPS) is 15.7. The quantitative estimate of drug-likeness (QED) is 0.314. The molecule has 0 radical (unpaired) electrons. The third-order valence-corrected chi connectivity index (χ3v) is 3.85. The predicted octanol–water partition coefficient (Wildman–Crippen LogP) is 2.79. The lowest BCUT2D eigenvalue weighted by molar-refractivity contribution is -0.145. The average molecular weight is 364 g/mol. The predicted molar refractivity (Wildman–Crippen MR) is 87.3 cm³/mol. The molecule has 138 valence electrons. The Morgan fingerprint density at radius 3 is 1.50 bits per heavy atom. The minimum absolute atomic E-state index is 0.204. The van der Waals surface area contributed by atoms with E-state index < -0.39 is 32.0 Å². The van der Waals surface area contributed by atoms with E-state index in [4.69, 9.17) is 23.0 Å². The van der Waals surface area contributed by atoms with Crippen LogP contribution in [0.5, 0.6) is 0 Å². The Hall–Kier alpha value is -1.47. The number of esters is 2. The standard InChI is InChI=1S/C15H25O8P/c1-10(2)14(16)22-12(5)8-20-24(18,19-7)21-9-13(6)23-15(17)11(3)4/h12-13H,1,3,8-9H2,2,4-7H3. The van der Waals surface area contributed by atoms with Gasteiger partial charge in [0.15, 0.2) is 0 Å². The van der Waals surface area contributed by atoms with E-state index in [1.54, 1.807) is 13.8 Å². The van der Waals surface area contributed by atoms with Gasteiger partial charge in [-0.05, 0) is 27.7 Å². The van der Waals surface area contributed by atoms with E-state index in [1.165, 1.54) is 13.8 Å². The zero-order valence-electron chi connectivity index (χ0n) is 14.7. The van der Waals surface area contributed by atoms with Crippen molar-refractivity contribution in [1.82, 2.24) is 0 Å². The zero-order valence-corrected chi connectivity index (χ0v) is 15.6. The molecule has 0 rings (SSSR count). The number of phosphoric ester groups is 1. The minimum Gasteiger partial charge on any atom is -0.457 e. The van der Waals surface area contributed by atoms with Crippen molar-refractivity contribution in [3.8, 4) is 0 Å². The van der Waals surface area contributed by atoms with E-state index in [-0.39, 0.29) is 24.4 Å². The lowest BCUT2D eigenvalue weighted by Gasteiger charge is -2.20. The molecular weight excluding hydrogens is 339 g/mol. The van der Waals surface area contributed by atoms with Crippen molar-refractivity contribution in [2.75, 3.05) is 20.3 Å². The molecule has 0 heterocycles. The molecular formula is C15H25O8P. The Balaban J connectivity index is 4.41. The number of carbonyl (C=O) groups is 2. The molecule has 0 amide bonds. The highest BCUT2D eigenvalue weighted by Gasteiger charge is 2.28. The highest BCUT2D eigenvalue weighted by molar-refractivity contribution is 7.48. The number of rotatable bonds is 11. The van der Waals surface area contributed by atoms with Gasteiger partial charge >= 0.3 is 19.8 Å². The third kappa shape index (κ3) is 8.98. The summed E-state index contributed by atoms with van der Waals surface area (Å²) in [6, 6.07) is 0. The van der Waals surface area contributed by atoms with Gasteiger partial charge in [0.1, 0.15) is 12.2 Å². The summed E-state index contributed by atoms with van der Waals surface area (Å²) in [7, 11) is -2.72. The fraction of sp³-hybridized carbons (Fsp3) is 0.600. The van der Waals surface area contributed by atoms with Crippen molar-refractivity contribution in [3.63, 3.8) is 0 Å². The summed E-state index contributed by atoms with van der Waals surface area (Å²) in [6.07, 6.45) is -1.36. The molecule has 2 atom stereocenters. The maximum atomic E-state index is 12.2. The van der Waals surface area contributed by atoms with E-state index in [1.807, 2.05) is 0 Å². The number of hydrogen-bond acceptors (Lipinski definition) is 8. The van der Waals surface area contributed by atoms with Gasteiger partial charge in [0.2, 0.25) is 0 Å². The summed E-state index contributed by atoms with van der Waals surface area (Å²) in [6.45, 7) is 12.6. The van der Waals surface area contributed by atoms with Gasteiger partial charge in [0.25, 0.3) is 0 Å². The Bertz CT molecular complexity index is 486. The summed E-state index contributed by atoms with van der Waals surface area (Å²) in [5.74, 6) is -1.17. The van der Waals surface area contributed by atoms with Crippen LogP contribution in [0.3, 0.4) is 0 Å². The lowest BCUT2D eigenvalue weighted by Crippen LogP contribution is -2.22. The monoisotopic (exact) mass is 364 g/mol. The smallest absolute Gasteiger partial charge is 0.457 e. The second kappa shape index (κ2) is 10.4. The molecule has 0 aromatic heterocycles. The van der Waals surface area contributed by atoms with E-state index in [9.17, 15) is 14.2 Å². The summed E-state index contributed by atoms with van der Waals surface area (Å²) >= 11 is 0. The summed E-state index contributed by atoms with van der Waals surface area (Å²) in [5.41, 5.74) is 0.474. The van der Waals surface area contributed by atoms with Crippen molar-refractivity contribution < 1.29 is 37.2 Å². The van der Waals surface area contributed by atoms with Crippen LogP contribution in [0.4, 0.5) is 0 Å². The molecule has 0 aromatic rings. The van der Waals surface area contributed by atoms with Gasteiger partial charge in [0.05, 0.1) is 13.2 Å².